The average Bonchev–Trinajstić information content (AvgIpc) is 2.78. The summed E-state index contributed by atoms with van der Waals surface area (Å²) in [5, 5.41) is 3.00. The standard InChI is InChI=1S/C13H23N3O/c1-3-12(17)14-11-7-9-16(10-11)13-6-4-5-8-15(13)2/h3,11,13H,1,4-10H2,2H3,(H,14,17). The number of carbonyl (C=O) groups is 1. The van der Waals surface area contributed by atoms with Gasteiger partial charge >= 0.3 is 0 Å². The first-order valence-corrected chi connectivity index (χ1v) is 6.58. The number of piperidine rings is 1. The van der Waals surface area contributed by atoms with E-state index in [0.717, 1.165) is 19.5 Å². The van der Waals surface area contributed by atoms with Crippen LogP contribution < -0.4 is 5.32 Å². The number of hydrogen-bond donors (Lipinski definition) is 1. The Morgan fingerprint density at radius 2 is 2.18 bits per heavy atom. The van der Waals surface area contributed by atoms with Crippen molar-refractivity contribution in [3.05, 3.63) is 12.7 Å². The Bertz CT molecular complexity index is 292. The lowest BCUT2D eigenvalue weighted by Gasteiger charge is -2.38. The van der Waals surface area contributed by atoms with Crippen molar-refractivity contribution in [3.8, 4) is 0 Å². The molecule has 0 aromatic rings. The number of likely N-dealkylation sites (tertiary alicyclic amines) is 2. The first-order chi connectivity index (χ1) is 8.20. The van der Waals surface area contributed by atoms with Gasteiger partial charge in [0, 0.05) is 19.1 Å². The second-order valence-corrected chi connectivity index (χ2v) is 5.15. The Hall–Kier alpha value is -0.870. The minimum Gasteiger partial charge on any atom is -0.349 e. The van der Waals surface area contributed by atoms with Crippen LogP contribution in [0.15, 0.2) is 12.7 Å². The van der Waals surface area contributed by atoms with Crippen molar-refractivity contribution >= 4 is 5.91 Å². The van der Waals surface area contributed by atoms with E-state index in [-0.39, 0.29) is 5.91 Å². The normalized spacial score (nSPS) is 31.4. The van der Waals surface area contributed by atoms with Crippen LogP contribution in [0.3, 0.4) is 0 Å². The van der Waals surface area contributed by atoms with E-state index in [0.29, 0.717) is 12.2 Å². The van der Waals surface area contributed by atoms with Gasteiger partial charge in [0.25, 0.3) is 0 Å². The van der Waals surface area contributed by atoms with Gasteiger partial charge in [-0.3, -0.25) is 14.6 Å². The molecule has 17 heavy (non-hydrogen) atoms. The molecule has 0 aromatic carbocycles. The van der Waals surface area contributed by atoms with Crippen LogP contribution in [0.1, 0.15) is 25.7 Å². The van der Waals surface area contributed by atoms with E-state index in [2.05, 4.69) is 28.7 Å². The Morgan fingerprint density at radius 1 is 1.35 bits per heavy atom. The molecule has 0 aliphatic carbocycles. The predicted molar refractivity (Wildman–Crippen MR) is 68.6 cm³/mol. The quantitative estimate of drug-likeness (QED) is 0.738. The molecule has 2 atom stereocenters. The maximum Gasteiger partial charge on any atom is 0.243 e. The highest BCUT2D eigenvalue weighted by Gasteiger charge is 2.31. The minimum absolute atomic E-state index is 0.0474. The molecule has 2 heterocycles. The van der Waals surface area contributed by atoms with Crippen LogP contribution in [0.2, 0.25) is 0 Å². The van der Waals surface area contributed by atoms with E-state index < -0.39 is 0 Å². The van der Waals surface area contributed by atoms with E-state index >= 15 is 0 Å². The molecule has 0 aromatic heterocycles. The summed E-state index contributed by atoms with van der Waals surface area (Å²) in [6, 6.07) is 0.302. The zero-order valence-electron chi connectivity index (χ0n) is 10.7. The smallest absolute Gasteiger partial charge is 0.243 e. The topological polar surface area (TPSA) is 35.6 Å². The fraction of sp³-hybridized carbons (Fsp3) is 0.769. The van der Waals surface area contributed by atoms with Crippen molar-refractivity contribution in [2.24, 2.45) is 0 Å². The molecule has 2 aliphatic heterocycles. The van der Waals surface area contributed by atoms with Gasteiger partial charge in [0.1, 0.15) is 0 Å². The monoisotopic (exact) mass is 237 g/mol. The van der Waals surface area contributed by atoms with Crippen LogP contribution >= 0.6 is 0 Å². The van der Waals surface area contributed by atoms with Crippen LogP contribution in [-0.4, -0.2) is 54.6 Å². The van der Waals surface area contributed by atoms with Gasteiger partial charge in [-0.1, -0.05) is 6.58 Å². The second-order valence-electron chi connectivity index (χ2n) is 5.15. The third-order valence-corrected chi connectivity index (χ3v) is 3.90. The molecule has 4 nitrogen and oxygen atoms in total. The molecule has 0 saturated carbocycles. The molecule has 2 unspecified atom stereocenters. The highest BCUT2D eigenvalue weighted by atomic mass is 16.1. The Morgan fingerprint density at radius 3 is 2.88 bits per heavy atom. The van der Waals surface area contributed by atoms with E-state index in [9.17, 15) is 4.79 Å². The predicted octanol–water partition coefficient (Wildman–Crippen LogP) is 0.805. The first kappa shape index (κ1) is 12.6. The molecule has 1 amide bonds. The molecule has 2 aliphatic rings. The van der Waals surface area contributed by atoms with Gasteiger partial charge in [0.15, 0.2) is 0 Å². The molecule has 0 spiro atoms. The highest BCUT2D eigenvalue weighted by molar-refractivity contribution is 5.87. The van der Waals surface area contributed by atoms with Gasteiger partial charge in [0.05, 0.1) is 6.17 Å². The van der Waals surface area contributed by atoms with Crippen LogP contribution in [0.4, 0.5) is 0 Å². The van der Waals surface area contributed by atoms with Crippen LogP contribution in [0.25, 0.3) is 0 Å². The van der Waals surface area contributed by atoms with Gasteiger partial charge in [-0.05, 0) is 45.4 Å². The van der Waals surface area contributed by atoms with Crippen molar-refractivity contribution in [1.29, 1.82) is 0 Å². The lowest BCUT2D eigenvalue weighted by Crippen LogP contribution is -2.49. The summed E-state index contributed by atoms with van der Waals surface area (Å²) in [4.78, 5) is 16.2. The molecule has 1 N–H and O–H groups in total. The SMILES string of the molecule is C=CC(=O)NC1CCN(C2CCCCN2C)C1. The molecule has 2 rings (SSSR count). The number of hydrogen-bond acceptors (Lipinski definition) is 3. The van der Waals surface area contributed by atoms with Crippen molar-refractivity contribution in [2.45, 2.75) is 37.9 Å². The molecule has 0 radical (unpaired) electrons. The van der Waals surface area contributed by atoms with Crippen LogP contribution in [0, 0.1) is 0 Å². The number of nitrogens with zero attached hydrogens (tertiary/aromatic N) is 2. The fourth-order valence-corrected chi connectivity index (χ4v) is 2.95. The summed E-state index contributed by atoms with van der Waals surface area (Å²) in [5.41, 5.74) is 0. The summed E-state index contributed by atoms with van der Waals surface area (Å²) in [6.45, 7) is 6.76. The highest BCUT2D eigenvalue weighted by Crippen LogP contribution is 2.22. The molecule has 2 fully saturated rings. The zero-order valence-corrected chi connectivity index (χ0v) is 10.7. The largest absolute Gasteiger partial charge is 0.349 e. The van der Waals surface area contributed by atoms with Crippen LogP contribution in [0.5, 0.6) is 0 Å². The van der Waals surface area contributed by atoms with Gasteiger partial charge in [-0.2, -0.15) is 0 Å². The van der Waals surface area contributed by atoms with Gasteiger partial charge in [0.2, 0.25) is 5.91 Å². The van der Waals surface area contributed by atoms with E-state index in [1.807, 2.05) is 0 Å². The summed E-state index contributed by atoms with van der Waals surface area (Å²) >= 11 is 0. The van der Waals surface area contributed by atoms with E-state index in [4.69, 9.17) is 0 Å². The first-order valence-electron chi connectivity index (χ1n) is 6.58. The summed E-state index contributed by atoms with van der Waals surface area (Å²) in [6.07, 6.45) is 6.90. The van der Waals surface area contributed by atoms with Crippen molar-refractivity contribution in [2.75, 3.05) is 26.7 Å². The zero-order chi connectivity index (χ0) is 12.3. The van der Waals surface area contributed by atoms with Crippen LogP contribution in [-0.2, 0) is 4.79 Å². The molecular formula is C13H23N3O. The molecule has 2 saturated heterocycles. The molecular weight excluding hydrogens is 214 g/mol. The Balaban J connectivity index is 1.84. The number of amides is 1. The lowest BCUT2D eigenvalue weighted by atomic mass is 10.1. The number of nitrogens with one attached hydrogen (secondary N) is 1. The molecule has 0 bridgehead atoms. The summed E-state index contributed by atoms with van der Waals surface area (Å²) < 4.78 is 0. The van der Waals surface area contributed by atoms with Gasteiger partial charge in [-0.15, -0.1) is 0 Å². The maximum absolute atomic E-state index is 11.3. The molecule has 96 valence electrons. The maximum atomic E-state index is 11.3. The van der Waals surface area contributed by atoms with Gasteiger partial charge in [-0.25, -0.2) is 0 Å². The van der Waals surface area contributed by atoms with Crippen molar-refractivity contribution < 1.29 is 4.79 Å². The molecule has 4 heteroatoms. The number of carbonyl (C=O) groups excluding carboxylic acids is 1. The minimum atomic E-state index is -0.0474. The van der Waals surface area contributed by atoms with Crippen molar-refractivity contribution in [3.63, 3.8) is 0 Å². The average molecular weight is 237 g/mol. The Labute approximate surface area is 104 Å². The number of rotatable bonds is 3. The lowest BCUT2D eigenvalue weighted by molar-refractivity contribution is -0.117. The summed E-state index contributed by atoms with van der Waals surface area (Å²) in [5.74, 6) is -0.0474. The van der Waals surface area contributed by atoms with Crippen molar-refractivity contribution in [1.82, 2.24) is 15.1 Å². The summed E-state index contributed by atoms with van der Waals surface area (Å²) in [7, 11) is 2.21. The van der Waals surface area contributed by atoms with E-state index in [1.165, 1.54) is 31.9 Å². The fourth-order valence-electron chi connectivity index (χ4n) is 2.95. The Kier molecular flexibility index (Phi) is 4.18. The third kappa shape index (κ3) is 3.07. The van der Waals surface area contributed by atoms with E-state index in [1.54, 1.807) is 0 Å². The second kappa shape index (κ2) is 5.65. The van der Waals surface area contributed by atoms with Gasteiger partial charge < -0.3 is 5.32 Å². The third-order valence-electron chi connectivity index (χ3n) is 3.90.